The van der Waals surface area contributed by atoms with Crippen LogP contribution in [0.4, 0.5) is 0 Å². The largest absolute Gasteiger partial charge is 0.460 e. The first-order valence-corrected chi connectivity index (χ1v) is 10.4. The Kier molecular flexibility index (Phi) is 7.24. The summed E-state index contributed by atoms with van der Waals surface area (Å²) in [5.41, 5.74) is 2.14. The number of nitrogens with zero attached hydrogens (tertiary/aromatic N) is 1. The lowest BCUT2D eigenvalue weighted by Crippen LogP contribution is -2.24. The van der Waals surface area contributed by atoms with Crippen molar-refractivity contribution >= 4 is 16.8 Å². The molecule has 1 amide bonds. The first-order valence-electron chi connectivity index (χ1n) is 10.4. The number of nitrogens with one attached hydrogen (secondary N) is 1. The number of carbonyl (C=O) groups excluding carboxylic acids is 1. The third-order valence-electron chi connectivity index (χ3n) is 5.02. The third kappa shape index (κ3) is 5.22. The normalized spacial score (nSPS) is 11.1. The standard InChI is InChI=1S/C24H30N2O2/c1-3-4-5-6-7-8-11-16-25-24(27)20-17-22(23-15-14-18(2)28-23)26-21-13-10-9-12-19(20)21/h9-10,12-15,17H,3-8,11,16H2,1-2H3,(H,25,27). The van der Waals surface area contributed by atoms with Gasteiger partial charge in [-0.3, -0.25) is 4.79 Å². The number of furan rings is 1. The minimum Gasteiger partial charge on any atom is -0.460 e. The lowest BCUT2D eigenvalue weighted by molar-refractivity contribution is 0.0954. The van der Waals surface area contributed by atoms with Crippen LogP contribution in [0.1, 0.15) is 68.0 Å². The van der Waals surface area contributed by atoms with Gasteiger partial charge in [0, 0.05) is 11.9 Å². The summed E-state index contributed by atoms with van der Waals surface area (Å²) in [5, 5.41) is 3.95. The Labute approximate surface area is 167 Å². The fourth-order valence-electron chi connectivity index (χ4n) is 3.44. The van der Waals surface area contributed by atoms with Gasteiger partial charge < -0.3 is 9.73 Å². The molecule has 0 unspecified atom stereocenters. The maximum atomic E-state index is 12.9. The molecule has 4 nitrogen and oxygen atoms in total. The number of hydrogen-bond acceptors (Lipinski definition) is 3. The highest BCUT2D eigenvalue weighted by Gasteiger charge is 2.15. The summed E-state index contributed by atoms with van der Waals surface area (Å²) < 4.78 is 5.71. The Balaban J connectivity index is 1.66. The predicted octanol–water partition coefficient (Wildman–Crippen LogP) is 6.28. The zero-order valence-electron chi connectivity index (χ0n) is 17.0. The summed E-state index contributed by atoms with van der Waals surface area (Å²) in [5.74, 6) is 1.47. The first kappa shape index (κ1) is 20.1. The monoisotopic (exact) mass is 378 g/mol. The Morgan fingerprint density at radius 1 is 1.00 bits per heavy atom. The van der Waals surface area contributed by atoms with E-state index in [1.165, 1.54) is 32.1 Å². The number of amides is 1. The van der Waals surface area contributed by atoms with Crippen molar-refractivity contribution in [2.75, 3.05) is 6.54 Å². The molecule has 0 atom stereocenters. The highest BCUT2D eigenvalue weighted by atomic mass is 16.3. The molecule has 3 rings (SSSR count). The Hall–Kier alpha value is -2.62. The molecular formula is C24H30N2O2. The van der Waals surface area contributed by atoms with Gasteiger partial charge in [0.2, 0.25) is 0 Å². The molecule has 0 aliphatic carbocycles. The van der Waals surface area contributed by atoms with E-state index >= 15 is 0 Å². The molecule has 1 aromatic carbocycles. The van der Waals surface area contributed by atoms with Gasteiger partial charge >= 0.3 is 0 Å². The van der Waals surface area contributed by atoms with Crippen LogP contribution >= 0.6 is 0 Å². The van der Waals surface area contributed by atoms with Crippen molar-refractivity contribution in [3.05, 3.63) is 53.8 Å². The van der Waals surface area contributed by atoms with E-state index in [0.29, 0.717) is 23.6 Å². The van der Waals surface area contributed by atoms with Crippen molar-refractivity contribution in [2.45, 2.75) is 58.8 Å². The molecule has 4 heteroatoms. The quantitative estimate of drug-likeness (QED) is 0.422. The number of aryl methyl sites for hydroxylation is 1. The van der Waals surface area contributed by atoms with Crippen molar-refractivity contribution in [1.29, 1.82) is 0 Å². The number of carbonyl (C=O) groups is 1. The average Bonchev–Trinajstić information content (AvgIpc) is 3.15. The molecule has 0 fully saturated rings. The van der Waals surface area contributed by atoms with E-state index in [1.807, 2.05) is 49.4 Å². The molecule has 0 bridgehead atoms. The lowest BCUT2D eigenvalue weighted by Gasteiger charge is -2.10. The molecule has 148 valence electrons. The van der Waals surface area contributed by atoms with Crippen LogP contribution in [0.3, 0.4) is 0 Å². The molecule has 0 saturated heterocycles. The number of para-hydroxylation sites is 1. The third-order valence-corrected chi connectivity index (χ3v) is 5.02. The maximum absolute atomic E-state index is 12.9. The Bertz CT molecular complexity index is 914. The van der Waals surface area contributed by atoms with Crippen molar-refractivity contribution in [1.82, 2.24) is 10.3 Å². The van der Waals surface area contributed by atoms with Crippen LogP contribution in [0.2, 0.25) is 0 Å². The Morgan fingerprint density at radius 2 is 1.75 bits per heavy atom. The van der Waals surface area contributed by atoms with Gasteiger partial charge in [-0.05, 0) is 37.6 Å². The summed E-state index contributed by atoms with van der Waals surface area (Å²) in [6, 6.07) is 13.4. The molecule has 0 aliphatic heterocycles. The predicted molar refractivity (Wildman–Crippen MR) is 115 cm³/mol. The van der Waals surface area contributed by atoms with Crippen LogP contribution in [0.25, 0.3) is 22.4 Å². The smallest absolute Gasteiger partial charge is 0.252 e. The average molecular weight is 379 g/mol. The van der Waals surface area contributed by atoms with E-state index in [0.717, 1.165) is 29.5 Å². The van der Waals surface area contributed by atoms with Crippen molar-refractivity contribution in [2.24, 2.45) is 0 Å². The second-order valence-electron chi connectivity index (χ2n) is 7.36. The number of aromatic nitrogens is 1. The van der Waals surface area contributed by atoms with Crippen molar-refractivity contribution < 1.29 is 9.21 Å². The van der Waals surface area contributed by atoms with Gasteiger partial charge in [0.15, 0.2) is 5.76 Å². The summed E-state index contributed by atoms with van der Waals surface area (Å²) in [6.07, 6.45) is 8.64. The number of unbranched alkanes of at least 4 members (excludes halogenated alkanes) is 6. The topological polar surface area (TPSA) is 55.1 Å². The number of benzene rings is 1. The van der Waals surface area contributed by atoms with Crippen LogP contribution in [-0.4, -0.2) is 17.4 Å². The summed E-state index contributed by atoms with van der Waals surface area (Å²) in [7, 11) is 0. The number of hydrogen-bond donors (Lipinski definition) is 1. The van der Waals surface area contributed by atoms with E-state index in [1.54, 1.807) is 0 Å². The van der Waals surface area contributed by atoms with Crippen molar-refractivity contribution in [3.8, 4) is 11.5 Å². The van der Waals surface area contributed by atoms with Gasteiger partial charge in [-0.1, -0.05) is 63.6 Å². The van der Waals surface area contributed by atoms with Gasteiger partial charge in [-0.2, -0.15) is 0 Å². The van der Waals surface area contributed by atoms with E-state index in [-0.39, 0.29) is 5.91 Å². The molecule has 2 heterocycles. The van der Waals surface area contributed by atoms with Gasteiger partial charge in [0.1, 0.15) is 11.5 Å². The van der Waals surface area contributed by atoms with Crippen LogP contribution < -0.4 is 5.32 Å². The molecule has 0 spiro atoms. The fraction of sp³-hybridized carbons (Fsp3) is 0.417. The highest BCUT2D eigenvalue weighted by Crippen LogP contribution is 2.26. The van der Waals surface area contributed by atoms with Gasteiger partial charge in [-0.15, -0.1) is 0 Å². The number of rotatable bonds is 10. The van der Waals surface area contributed by atoms with Gasteiger partial charge in [0.05, 0.1) is 11.1 Å². The highest BCUT2D eigenvalue weighted by molar-refractivity contribution is 6.07. The molecule has 0 aliphatic rings. The molecule has 28 heavy (non-hydrogen) atoms. The van der Waals surface area contributed by atoms with Gasteiger partial charge in [-0.25, -0.2) is 4.98 Å². The van der Waals surface area contributed by atoms with Crippen LogP contribution in [0, 0.1) is 6.92 Å². The Morgan fingerprint density at radius 3 is 2.50 bits per heavy atom. The van der Waals surface area contributed by atoms with E-state index < -0.39 is 0 Å². The summed E-state index contributed by atoms with van der Waals surface area (Å²) in [6.45, 7) is 4.84. The lowest BCUT2D eigenvalue weighted by atomic mass is 10.1. The van der Waals surface area contributed by atoms with Crippen LogP contribution in [-0.2, 0) is 0 Å². The number of fused-ring (bicyclic) bond motifs is 1. The summed E-state index contributed by atoms with van der Waals surface area (Å²) in [4.78, 5) is 17.5. The minimum atomic E-state index is -0.0471. The number of pyridine rings is 1. The van der Waals surface area contributed by atoms with E-state index in [9.17, 15) is 4.79 Å². The first-order chi connectivity index (χ1) is 13.7. The SMILES string of the molecule is CCCCCCCCCNC(=O)c1cc(-c2ccc(C)o2)nc2ccccc12. The zero-order valence-corrected chi connectivity index (χ0v) is 17.0. The van der Waals surface area contributed by atoms with Crippen molar-refractivity contribution in [3.63, 3.8) is 0 Å². The summed E-state index contributed by atoms with van der Waals surface area (Å²) >= 11 is 0. The molecular weight excluding hydrogens is 348 g/mol. The van der Waals surface area contributed by atoms with E-state index in [4.69, 9.17) is 4.42 Å². The fourth-order valence-corrected chi connectivity index (χ4v) is 3.44. The molecule has 1 N–H and O–H groups in total. The second-order valence-corrected chi connectivity index (χ2v) is 7.36. The molecule has 3 aromatic rings. The zero-order chi connectivity index (χ0) is 19.8. The maximum Gasteiger partial charge on any atom is 0.252 e. The van der Waals surface area contributed by atoms with E-state index in [2.05, 4.69) is 17.2 Å². The second kappa shape index (κ2) is 10.1. The molecule has 0 radical (unpaired) electrons. The molecule has 2 aromatic heterocycles. The van der Waals surface area contributed by atoms with Crippen LogP contribution in [0.5, 0.6) is 0 Å². The minimum absolute atomic E-state index is 0.0471. The van der Waals surface area contributed by atoms with Gasteiger partial charge in [0.25, 0.3) is 5.91 Å². The van der Waals surface area contributed by atoms with Crippen LogP contribution in [0.15, 0.2) is 46.9 Å². The molecule has 0 saturated carbocycles.